The minimum absolute atomic E-state index is 0.155. The summed E-state index contributed by atoms with van der Waals surface area (Å²) >= 11 is 0. The maximum atomic E-state index is 6.04. The van der Waals surface area contributed by atoms with Crippen molar-refractivity contribution in [2.24, 2.45) is 5.41 Å². The average Bonchev–Trinajstić information content (AvgIpc) is 2.55. The molecule has 2 aromatic carbocycles. The first-order chi connectivity index (χ1) is 11.0. The summed E-state index contributed by atoms with van der Waals surface area (Å²) in [6, 6.07) is 18.1. The number of ether oxygens (including phenoxy) is 1. The van der Waals surface area contributed by atoms with Crippen molar-refractivity contribution >= 4 is 11.4 Å². The van der Waals surface area contributed by atoms with Crippen molar-refractivity contribution in [2.75, 3.05) is 23.8 Å². The zero-order chi connectivity index (χ0) is 16.3. The molecule has 121 valence electrons. The molecule has 0 bridgehead atoms. The zero-order valence-corrected chi connectivity index (χ0v) is 14.1. The van der Waals surface area contributed by atoms with Gasteiger partial charge in [-0.1, -0.05) is 51.1 Å². The lowest BCUT2D eigenvalue weighted by Crippen LogP contribution is -2.41. The fourth-order valence-electron chi connectivity index (χ4n) is 2.72. The molecule has 0 aromatic heterocycles. The van der Waals surface area contributed by atoms with Crippen molar-refractivity contribution in [3.8, 4) is 5.75 Å². The van der Waals surface area contributed by atoms with Gasteiger partial charge in [-0.15, -0.1) is 0 Å². The second-order valence-electron chi connectivity index (χ2n) is 7.13. The largest absolute Gasteiger partial charge is 0.487 e. The first-order valence-corrected chi connectivity index (χ1v) is 8.26. The van der Waals surface area contributed by atoms with Gasteiger partial charge in [-0.05, 0) is 29.5 Å². The predicted molar refractivity (Wildman–Crippen MR) is 96.3 cm³/mol. The van der Waals surface area contributed by atoms with Crippen molar-refractivity contribution in [3.05, 3.63) is 54.1 Å². The van der Waals surface area contributed by atoms with Gasteiger partial charge in [0, 0.05) is 12.6 Å². The molecule has 1 unspecified atom stereocenters. The fraction of sp³-hybridized carbons (Fsp3) is 0.400. The topological polar surface area (TPSA) is 33.3 Å². The number of rotatable bonds is 4. The highest BCUT2D eigenvalue weighted by molar-refractivity contribution is 5.72. The Balaban J connectivity index is 1.66. The molecule has 3 heteroatoms. The van der Waals surface area contributed by atoms with E-state index in [1.165, 1.54) is 5.56 Å². The lowest BCUT2D eigenvalue weighted by atomic mass is 9.86. The Morgan fingerprint density at radius 3 is 2.74 bits per heavy atom. The average molecular weight is 309 g/mol. The van der Waals surface area contributed by atoms with Gasteiger partial charge in [0.25, 0.3) is 0 Å². The van der Waals surface area contributed by atoms with Gasteiger partial charge in [0.15, 0.2) is 5.75 Å². The number of anilines is 2. The highest BCUT2D eigenvalue weighted by Crippen LogP contribution is 2.38. The lowest BCUT2D eigenvalue weighted by Gasteiger charge is -2.36. The summed E-state index contributed by atoms with van der Waals surface area (Å²) in [7, 11) is 0. The number of fused-ring (bicyclic) bond motifs is 1. The van der Waals surface area contributed by atoms with Gasteiger partial charge < -0.3 is 15.4 Å². The third-order valence-electron chi connectivity index (χ3n) is 4.28. The van der Waals surface area contributed by atoms with Crippen molar-refractivity contribution in [3.63, 3.8) is 0 Å². The SMILES string of the molecule is CC(C)(C)C1COc2c([c]ccc2NCCc2ccccc2)N1. The second kappa shape index (κ2) is 6.53. The van der Waals surface area contributed by atoms with Gasteiger partial charge in [-0.3, -0.25) is 0 Å². The van der Waals surface area contributed by atoms with E-state index < -0.39 is 0 Å². The summed E-state index contributed by atoms with van der Waals surface area (Å²) in [5.74, 6) is 0.890. The Bertz CT molecular complexity index is 646. The fourth-order valence-corrected chi connectivity index (χ4v) is 2.72. The molecule has 0 saturated heterocycles. The highest BCUT2D eigenvalue weighted by atomic mass is 16.5. The van der Waals surface area contributed by atoms with E-state index >= 15 is 0 Å². The van der Waals surface area contributed by atoms with E-state index in [2.05, 4.69) is 61.7 Å². The molecule has 0 saturated carbocycles. The highest BCUT2D eigenvalue weighted by Gasteiger charge is 2.30. The number of hydrogen-bond acceptors (Lipinski definition) is 3. The molecule has 2 N–H and O–H groups in total. The number of hydrogen-bond donors (Lipinski definition) is 2. The van der Waals surface area contributed by atoms with E-state index in [0.717, 1.165) is 30.1 Å². The lowest BCUT2D eigenvalue weighted by molar-refractivity contribution is 0.207. The van der Waals surface area contributed by atoms with Crippen LogP contribution in [0.1, 0.15) is 26.3 Å². The molecule has 0 spiro atoms. The van der Waals surface area contributed by atoms with E-state index in [1.807, 2.05) is 18.2 Å². The van der Waals surface area contributed by atoms with Crippen LogP contribution < -0.4 is 15.4 Å². The molecule has 3 rings (SSSR count). The van der Waals surface area contributed by atoms with Crippen molar-refractivity contribution in [1.82, 2.24) is 0 Å². The van der Waals surface area contributed by atoms with Gasteiger partial charge in [-0.25, -0.2) is 0 Å². The molecular formula is C20H25N2O. The minimum Gasteiger partial charge on any atom is -0.487 e. The van der Waals surface area contributed by atoms with Crippen LogP contribution in [0.15, 0.2) is 42.5 Å². The first-order valence-electron chi connectivity index (χ1n) is 8.26. The summed E-state index contributed by atoms with van der Waals surface area (Å²) < 4.78 is 6.04. The van der Waals surface area contributed by atoms with Gasteiger partial charge >= 0.3 is 0 Å². The molecule has 3 nitrogen and oxygen atoms in total. The van der Waals surface area contributed by atoms with Crippen LogP contribution in [-0.4, -0.2) is 19.2 Å². The molecule has 1 aliphatic heterocycles. The summed E-state index contributed by atoms with van der Waals surface area (Å²) in [6.45, 7) is 8.23. The Morgan fingerprint density at radius 1 is 1.22 bits per heavy atom. The maximum absolute atomic E-state index is 6.04. The molecule has 1 heterocycles. The summed E-state index contributed by atoms with van der Waals surface area (Å²) in [5, 5.41) is 7.05. The summed E-state index contributed by atoms with van der Waals surface area (Å²) in [6.07, 6.45) is 0.992. The Hall–Kier alpha value is -2.16. The Labute approximate surface area is 139 Å². The monoisotopic (exact) mass is 309 g/mol. The third kappa shape index (κ3) is 3.79. The number of benzene rings is 2. The Morgan fingerprint density at radius 2 is 2.00 bits per heavy atom. The van der Waals surface area contributed by atoms with Crippen molar-refractivity contribution < 1.29 is 4.74 Å². The van der Waals surface area contributed by atoms with Crippen LogP contribution in [0.3, 0.4) is 0 Å². The smallest absolute Gasteiger partial charge is 0.166 e. The number of nitrogens with one attached hydrogen (secondary N) is 2. The van der Waals surface area contributed by atoms with Crippen LogP contribution in [0.25, 0.3) is 0 Å². The first kappa shape index (κ1) is 15.7. The predicted octanol–water partition coefficient (Wildman–Crippen LogP) is 4.36. The van der Waals surface area contributed by atoms with Crippen LogP contribution in [0.5, 0.6) is 5.75 Å². The van der Waals surface area contributed by atoms with E-state index in [4.69, 9.17) is 4.74 Å². The summed E-state index contributed by atoms with van der Waals surface area (Å²) in [5.41, 5.74) is 3.49. The van der Waals surface area contributed by atoms with Crippen LogP contribution in [0.4, 0.5) is 11.4 Å². The van der Waals surface area contributed by atoms with Crippen LogP contribution in [-0.2, 0) is 6.42 Å². The van der Waals surface area contributed by atoms with Crippen LogP contribution in [0.2, 0.25) is 0 Å². The second-order valence-corrected chi connectivity index (χ2v) is 7.13. The minimum atomic E-state index is 0.155. The molecular weight excluding hydrogens is 284 g/mol. The molecule has 1 aliphatic rings. The quantitative estimate of drug-likeness (QED) is 0.880. The normalized spacial score (nSPS) is 16.9. The van der Waals surface area contributed by atoms with Gasteiger partial charge in [0.1, 0.15) is 6.61 Å². The summed E-state index contributed by atoms with van der Waals surface area (Å²) in [4.78, 5) is 0. The molecule has 2 aromatic rings. The zero-order valence-electron chi connectivity index (χ0n) is 14.1. The van der Waals surface area contributed by atoms with E-state index in [-0.39, 0.29) is 5.41 Å². The molecule has 0 aliphatic carbocycles. The molecule has 0 fully saturated rings. The molecule has 0 amide bonds. The van der Waals surface area contributed by atoms with Crippen molar-refractivity contribution in [2.45, 2.75) is 33.2 Å². The van der Waals surface area contributed by atoms with Gasteiger partial charge in [0.05, 0.1) is 17.4 Å². The van der Waals surface area contributed by atoms with Crippen LogP contribution >= 0.6 is 0 Å². The van der Waals surface area contributed by atoms with E-state index in [0.29, 0.717) is 12.6 Å². The molecule has 23 heavy (non-hydrogen) atoms. The molecule has 1 radical (unpaired) electrons. The van der Waals surface area contributed by atoms with E-state index in [9.17, 15) is 0 Å². The third-order valence-corrected chi connectivity index (χ3v) is 4.28. The van der Waals surface area contributed by atoms with E-state index in [1.54, 1.807) is 0 Å². The Kier molecular flexibility index (Phi) is 4.46. The maximum Gasteiger partial charge on any atom is 0.166 e. The molecule has 1 atom stereocenters. The van der Waals surface area contributed by atoms with Gasteiger partial charge in [0.2, 0.25) is 0 Å². The standard InChI is InChI=1S/C20H25N2O/c1-20(2,3)18-14-23-19-16(10-7-11-17(19)22-18)21-13-12-15-8-5-4-6-9-15/h4-10,18,21-22H,12-14H2,1-3H3. The van der Waals surface area contributed by atoms with Crippen LogP contribution in [0, 0.1) is 11.5 Å². The van der Waals surface area contributed by atoms with Gasteiger partial charge in [-0.2, -0.15) is 0 Å². The van der Waals surface area contributed by atoms with Crippen molar-refractivity contribution in [1.29, 1.82) is 0 Å².